The molecule has 142 valence electrons. The van der Waals surface area contributed by atoms with Crippen LogP contribution in [0.15, 0.2) is 34.9 Å². The molecular weight excluding hydrogens is 367 g/mol. The lowest BCUT2D eigenvalue weighted by Gasteiger charge is -2.33. The molecule has 1 aromatic carbocycles. The van der Waals surface area contributed by atoms with Crippen LogP contribution in [0.4, 0.5) is 18.9 Å². The van der Waals surface area contributed by atoms with Gasteiger partial charge in [-0.1, -0.05) is 0 Å². The number of nitrogens with one attached hydrogen (secondary N) is 1. The number of carbonyl (C=O) groups is 3. The van der Waals surface area contributed by atoms with Gasteiger partial charge in [0.1, 0.15) is 0 Å². The van der Waals surface area contributed by atoms with Crippen LogP contribution >= 0.6 is 0 Å². The van der Waals surface area contributed by atoms with Crippen LogP contribution in [0.3, 0.4) is 0 Å². The number of rotatable bonds is 2. The van der Waals surface area contributed by atoms with Gasteiger partial charge in [0.25, 0.3) is 5.91 Å². The van der Waals surface area contributed by atoms with Crippen LogP contribution in [0.2, 0.25) is 0 Å². The third kappa shape index (κ3) is 3.78. The van der Waals surface area contributed by atoms with E-state index in [0.717, 1.165) is 6.07 Å². The van der Waals surface area contributed by atoms with Gasteiger partial charge in [0.2, 0.25) is 0 Å². The molecule has 10 heteroatoms. The molecule has 27 heavy (non-hydrogen) atoms. The minimum absolute atomic E-state index is 0.0823. The number of nitrogens with zero attached hydrogens (tertiary/aromatic N) is 2. The molecule has 0 atom stereocenters. The number of hydrogen-bond donors (Lipinski definition) is 1. The van der Waals surface area contributed by atoms with Gasteiger partial charge in [0.05, 0.1) is 12.0 Å². The van der Waals surface area contributed by atoms with Gasteiger partial charge in [0, 0.05) is 26.2 Å². The molecule has 7 nitrogen and oxygen atoms in total. The van der Waals surface area contributed by atoms with Crippen molar-refractivity contribution in [3.05, 3.63) is 53.7 Å². The molecule has 1 N–H and O–H groups in total. The predicted octanol–water partition coefficient (Wildman–Crippen LogP) is 1.62. The van der Waals surface area contributed by atoms with Gasteiger partial charge >= 0.3 is 11.8 Å². The molecular formula is C17H14F3N3O4. The summed E-state index contributed by atoms with van der Waals surface area (Å²) in [6, 6.07) is 4.55. The molecule has 0 saturated carbocycles. The molecule has 1 fully saturated rings. The largest absolute Gasteiger partial charge is 0.459 e. The van der Waals surface area contributed by atoms with Crippen molar-refractivity contribution >= 4 is 23.4 Å². The zero-order chi connectivity index (χ0) is 19.6. The van der Waals surface area contributed by atoms with E-state index in [9.17, 15) is 27.6 Å². The van der Waals surface area contributed by atoms with E-state index >= 15 is 0 Å². The molecule has 2 heterocycles. The van der Waals surface area contributed by atoms with Crippen molar-refractivity contribution in [1.29, 1.82) is 0 Å². The lowest BCUT2D eigenvalue weighted by atomic mass is 10.2. The third-order valence-corrected chi connectivity index (χ3v) is 4.06. The second-order valence-electron chi connectivity index (χ2n) is 5.74. The fraction of sp³-hybridized carbons (Fsp3) is 0.235. The molecule has 2 aromatic rings. The van der Waals surface area contributed by atoms with Gasteiger partial charge in [0.15, 0.2) is 23.2 Å². The summed E-state index contributed by atoms with van der Waals surface area (Å²) in [6.45, 7) is 0.522. The summed E-state index contributed by atoms with van der Waals surface area (Å²) in [7, 11) is 0. The number of hydrogen-bond acceptors (Lipinski definition) is 4. The van der Waals surface area contributed by atoms with Gasteiger partial charge in [-0.2, -0.15) is 0 Å². The molecule has 1 aliphatic heterocycles. The molecule has 1 aliphatic rings. The number of amides is 3. The molecule has 1 saturated heterocycles. The van der Waals surface area contributed by atoms with E-state index in [1.165, 1.54) is 22.1 Å². The third-order valence-electron chi connectivity index (χ3n) is 4.06. The lowest BCUT2D eigenvalue weighted by Crippen LogP contribution is -2.53. The summed E-state index contributed by atoms with van der Waals surface area (Å²) in [5, 5.41) is 1.92. The molecule has 3 rings (SSSR count). The number of piperazine rings is 1. The second kappa shape index (κ2) is 7.52. The zero-order valence-corrected chi connectivity index (χ0v) is 13.9. The van der Waals surface area contributed by atoms with E-state index in [-0.39, 0.29) is 37.8 Å². The second-order valence-corrected chi connectivity index (χ2v) is 5.74. The summed E-state index contributed by atoms with van der Waals surface area (Å²) >= 11 is 0. The van der Waals surface area contributed by atoms with Crippen LogP contribution < -0.4 is 5.32 Å². The number of halogens is 3. The van der Waals surface area contributed by atoms with Gasteiger partial charge in [-0.3, -0.25) is 14.4 Å². The van der Waals surface area contributed by atoms with Gasteiger partial charge in [-0.05, 0) is 24.3 Å². The highest BCUT2D eigenvalue weighted by Crippen LogP contribution is 2.19. The standard InChI is InChI=1S/C17H14F3N3O4/c18-10-3-4-11(14(20)13(10)19)21-15(24)17(26)23-7-5-22(6-8-23)16(25)12-2-1-9-27-12/h1-4,9H,5-8H2,(H,21,24). The van der Waals surface area contributed by atoms with E-state index in [2.05, 4.69) is 0 Å². The molecule has 3 amide bonds. The topological polar surface area (TPSA) is 82.9 Å². The Morgan fingerprint density at radius 1 is 0.926 bits per heavy atom. The van der Waals surface area contributed by atoms with Crippen LogP contribution in [0.25, 0.3) is 0 Å². The Labute approximate surface area is 151 Å². The first-order chi connectivity index (χ1) is 12.9. The smallest absolute Gasteiger partial charge is 0.313 e. The van der Waals surface area contributed by atoms with E-state index in [0.29, 0.717) is 6.07 Å². The summed E-state index contributed by atoms with van der Waals surface area (Å²) in [4.78, 5) is 39.0. The molecule has 0 aliphatic carbocycles. The monoisotopic (exact) mass is 381 g/mol. The first-order valence-corrected chi connectivity index (χ1v) is 7.95. The molecule has 0 unspecified atom stereocenters. The highest BCUT2D eigenvalue weighted by molar-refractivity contribution is 6.39. The Morgan fingerprint density at radius 3 is 2.22 bits per heavy atom. The summed E-state index contributed by atoms with van der Waals surface area (Å²) in [6.07, 6.45) is 1.37. The quantitative estimate of drug-likeness (QED) is 0.633. The van der Waals surface area contributed by atoms with E-state index in [1.54, 1.807) is 6.07 Å². The minimum Gasteiger partial charge on any atom is -0.459 e. The number of anilines is 1. The molecule has 0 spiro atoms. The van der Waals surface area contributed by atoms with E-state index in [1.807, 2.05) is 5.32 Å². The van der Waals surface area contributed by atoms with Crippen molar-refractivity contribution in [3.8, 4) is 0 Å². The average molecular weight is 381 g/mol. The normalized spacial score (nSPS) is 14.2. The fourth-order valence-electron chi connectivity index (χ4n) is 2.61. The van der Waals surface area contributed by atoms with Crippen LogP contribution in [-0.4, -0.2) is 53.7 Å². The minimum atomic E-state index is -1.75. The Kier molecular flexibility index (Phi) is 5.15. The predicted molar refractivity (Wildman–Crippen MR) is 86.1 cm³/mol. The Balaban J connectivity index is 1.58. The van der Waals surface area contributed by atoms with Crippen molar-refractivity contribution in [2.24, 2.45) is 0 Å². The highest BCUT2D eigenvalue weighted by atomic mass is 19.2. The fourth-order valence-corrected chi connectivity index (χ4v) is 2.61. The van der Waals surface area contributed by atoms with Crippen molar-refractivity contribution in [1.82, 2.24) is 9.80 Å². The first-order valence-electron chi connectivity index (χ1n) is 7.95. The summed E-state index contributed by atoms with van der Waals surface area (Å²) in [5.74, 6) is -7.07. The summed E-state index contributed by atoms with van der Waals surface area (Å²) in [5.41, 5.74) is -0.640. The van der Waals surface area contributed by atoms with Crippen LogP contribution in [0, 0.1) is 17.5 Å². The molecule has 1 aromatic heterocycles. The van der Waals surface area contributed by atoms with Gasteiger partial charge < -0.3 is 19.5 Å². The Bertz CT molecular complexity index is 878. The maximum absolute atomic E-state index is 13.6. The van der Waals surface area contributed by atoms with E-state index < -0.39 is 35.0 Å². The lowest BCUT2D eigenvalue weighted by molar-refractivity contribution is -0.144. The van der Waals surface area contributed by atoms with Gasteiger partial charge in [-0.25, -0.2) is 13.2 Å². The van der Waals surface area contributed by atoms with Crippen molar-refractivity contribution < 1.29 is 32.0 Å². The number of carbonyl (C=O) groups excluding carboxylic acids is 3. The number of benzene rings is 1. The zero-order valence-electron chi connectivity index (χ0n) is 13.9. The van der Waals surface area contributed by atoms with Crippen molar-refractivity contribution in [2.75, 3.05) is 31.5 Å². The van der Waals surface area contributed by atoms with Gasteiger partial charge in [-0.15, -0.1) is 0 Å². The van der Waals surface area contributed by atoms with Crippen molar-refractivity contribution in [3.63, 3.8) is 0 Å². The average Bonchev–Trinajstić information content (AvgIpc) is 3.22. The Hall–Kier alpha value is -3.30. The first kappa shape index (κ1) is 18.5. The van der Waals surface area contributed by atoms with E-state index in [4.69, 9.17) is 4.42 Å². The SMILES string of the molecule is O=C(Nc1ccc(F)c(F)c1F)C(=O)N1CCN(C(=O)c2ccco2)CC1. The molecule has 0 radical (unpaired) electrons. The maximum atomic E-state index is 13.6. The summed E-state index contributed by atoms with van der Waals surface area (Å²) < 4.78 is 44.7. The molecule has 0 bridgehead atoms. The Morgan fingerprint density at radius 2 is 1.59 bits per heavy atom. The number of furan rings is 1. The maximum Gasteiger partial charge on any atom is 0.313 e. The van der Waals surface area contributed by atoms with Crippen LogP contribution in [-0.2, 0) is 9.59 Å². The van der Waals surface area contributed by atoms with Crippen LogP contribution in [0.1, 0.15) is 10.6 Å². The van der Waals surface area contributed by atoms with Crippen molar-refractivity contribution in [2.45, 2.75) is 0 Å². The van der Waals surface area contributed by atoms with Crippen LogP contribution in [0.5, 0.6) is 0 Å². The highest BCUT2D eigenvalue weighted by Gasteiger charge is 2.29.